The predicted molar refractivity (Wildman–Crippen MR) is 114 cm³/mol. The van der Waals surface area contributed by atoms with E-state index < -0.39 is 5.91 Å². The van der Waals surface area contributed by atoms with Crippen molar-refractivity contribution >= 4 is 46.6 Å². The van der Waals surface area contributed by atoms with Crippen molar-refractivity contribution in [3.63, 3.8) is 0 Å². The van der Waals surface area contributed by atoms with Crippen molar-refractivity contribution in [3.05, 3.63) is 64.1 Å². The molecule has 5 atom stereocenters. The van der Waals surface area contributed by atoms with Gasteiger partial charge in [0.1, 0.15) is 6.54 Å². The van der Waals surface area contributed by atoms with Crippen molar-refractivity contribution < 1.29 is 14.4 Å². The zero-order valence-corrected chi connectivity index (χ0v) is 17.6. The Morgan fingerprint density at radius 3 is 2.47 bits per heavy atom. The molecule has 2 saturated carbocycles. The first kappa shape index (κ1) is 19.6. The van der Waals surface area contributed by atoms with Crippen molar-refractivity contribution in [2.24, 2.45) is 23.7 Å². The van der Waals surface area contributed by atoms with Crippen LogP contribution in [-0.2, 0) is 14.4 Å². The Kier molecular flexibility index (Phi) is 4.83. The van der Waals surface area contributed by atoms with E-state index in [-0.39, 0.29) is 42.0 Å². The third-order valence-corrected chi connectivity index (χ3v) is 7.39. The summed E-state index contributed by atoms with van der Waals surface area (Å²) in [5.41, 5.74) is 1.63. The Morgan fingerprint density at radius 1 is 1.00 bits per heavy atom. The third kappa shape index (κ3) is 3.12. The zero-order valence-electron chi connectivity index (χ0n) is 16.1. The summed E-state index contributed by atoms with van der Waals surface area (Å²) < 4.78 is 0. The third-order valence-electron chi connectivity index (χ3n) is 6.84. The minimum atomic E-state index is -0.451. The highest BCUT2D eigenvalue weighted by Crippen LogP contribution is 2.61. The number of imide groups is 1. The maximum Gasteiger partial charge on any atom is 0.244 e. The molecule has 2 aromatic carbocycles. The molecule has 1 N–H and O–H groups in total. The van der Waals surface area contributed by atoms with Gasteiger partial charge < -0.3 is 5.32 Å². The normalized spacial score (nSPS) is 29.4. The van der Waals surface area contributed by atoms with Crippen LogP contribution in [0.3, 0.4) is 0 Å². The van der Waals surface area contributed by atoms with Crippen LogP contribution in [0.25, 0.3) is 0 Å². The molecule has 5 nitrogen and oxygen atoms in total. The van der Waals surface area contributed by atoms with E-state index in [1.54, 1.807) is 12.1 Å². The monoisotopic (exact) mass is 442 g/mol. The lowest BCUT2D eigenvalue weighted by Crippen LogP contribution is -2.39. The Labute approximate surface area is 184 Å². The number of rotatable bonds is 4. The van der Waals surface area contributed by atoms with Gasteiger partial charge in [-0.25, -0.2) is 0 Å². The molecule has 5 rings (SSSR count). The van der Waals surface area contributed by atoms with E-state index in [2.05, 4.69) is 17.4 Å². The number of carbonyl (C=O) groups is 3. The van der Waals surface area contributed by atoms with E-state index in [1.807, 2.05) is 18.2 Å². The fourth-order valence-corrected chi connectivity index (χ4v) is 6.14. The number of fused-ring (bicyclic) bond motifs is 5. The van der Waals surface area contributed by atoms with Crippen LogP contribution in [0.1, 0.15) is 24.3 Å². The summed E-state index contributed by atoms with van der Waals surface area (Å²) in [5.74, 6) is -0.790. The van der Waals surface area contributed by atoms with Gasteiger partial charge in [0, 0.05) is 5.02 Å². The number of nitrogens with one attached hydrogen (secondary N) is 1. The van der Waals surface area contributed by atoms with Gasteiger partial charge in [0.25, 0.3) is 0 Å². The average molecular weight is 443 g/mol. The van der Waals surface area contributed by atoms with Gasteiger partial charge in [-0.05, 0) is 54.4 Å². The van der Waals surface area contributed by atoms with Crippen molar-refractivity contribution in [3.8, 4) is 0 Å². The zero-order chi connectivity index (χ0) is 21.0. The Morgan fingerprint density at radius 2 is 1.73 bits per heavy atom. The van der Waals surface area contributed by atoms with Crippen LogP contribution in [0.15, 0.2) is 48.5 Å². The highest BCUT2D eigenvalue weighted by Gasteiger charge is 2.63. The number of anilines is 1. The van der Waals surface area contributed by atoms with E-state index in [0.717, 1.165) is 17.7 Å². The van der Waals surface area contributed by atoms with Crippen LogP contribution >= 0.6 is 23.2 Å². The highest BCUT2D eigenvalue weighted by molar-refractivity contribution is 6.36. The molecule has 2 aliphatic carbocycles. The fourth-order valence-electron chi connectivity index (χ4n) is 5.68. The van der Waals surface area contributed by atoms with E-state index in [4.69, 9.17) is 23.2 Å². The number of hydrogen-bond acceptors (Lipinski definition) is 3. The molecule has 1 saturated heterocycles. The van der Waals surface area contributed by atoms with E-state index >= 15 is 0 Å². The topological polar surface area (TPSA) is 66.5 Å². The van der Waals surface area contributed by atoms with Crippen LogP contribution in [0.4, 0.5) is 5.69 Å². The lowest BCUT2D eigenvalue weighted by atomic mass is 9.73. The summed E-state index contributed by atoms with van der Waals surface area (Å²) in [6, 6.07) is 14.9. The van der Waals surface area contributed by atoms with Gasteiger partial charge in [-0.15, -0.1) is 0 Å². The van der Waals surface area contributed by atoms with Crippen molar-refractivity contribution in [1.29, 1.82) is 0 Å². The quantitative estimate of drug-likeness (QED) is 0.715. The second-order valence-corrected chi connectivity index (χ2v) is 9.24. The molecule has 1 heterocycles. The van der Waals surface area contributed by atoms with Crippen molar-refractivity contribution in [2.45, 2.75) is 18.8 Å². The number of amides is 3. The first-order valence-electron chi connectivity index (χ1n) is 10.1. The maximum absolute atomic E-state index is 13.1. The Balaban J connectivity index is 1.31. The van der Waals surface area contributed by atoms with Crippen molar-refractivity contribution in [1.82, 2.24) is 4.90 Å². The molecular weight excluding hydrogens is 423 g/mol. The summed E-state index contributed by atoms with van der Waals surface area (Å²) in [6.45, 7) is -0.293. The lowest BCUT2D eigenvalue weighted by Gasteiger charge is -2.28. The van der Waals surface area contributed by atoms with E-state index in [9.17, 15) is 14.4 Å². The van der Waals surface area contributed by atoms with Gasteiger partial charge in [-0.2, -0.15) is 0 Å². The van der Waals surface area contributed by atoms with Crippen molar-refractivity contribution in [2.75, 3.05) is 11.9 Å². The Bertz CT molecular complexity index is 1040. The largest absolute Gasteiger partial charge is 0.323 e. The van der Waals surface area contributed by atoms with Gasteiger partial charge in [0.05, 0.1) is 22.5 Å². The van der Waals surface area contributed by atoms with Gasteiger partial charge in [0.15, 0.2) is 0 Å². The number of hydrogen-bond donors (Lipinski definition) is 1. The molecule has 0 spiro atoms. The Hall–Kier alpha value is -2.37. The summed E-state index contributed by atoms with van der Waals surface area (Å²) in [6.07, 6.45) is 1.84. The molecule has 1 aliphatic heterocycles. The number of benzene rings is 2. The average Bonchev–Trinajstić information content (AvgIpc) is 3.39. The molecule has 30 heavy (non-hydrogen) atoms. The van der Waals surface area contributed by atoms with Gasteiger partial charge in [-0.1, -0.05) is 53.5 Å². The molecule has 154 valence electrons. The molecule has 7 heteroatoms. The van der Waals surface area contributed by atoms with Gasteiger partial charge in [-0.3, -0.25) is 19.3 Å². The fraction of sp³-hybridized carbons (Fsp3) is 0.348. The lowest BCUT2D eigenvalue weighted by molar-refractivity contribution is -0.143. The van der Waals surface area contributed by atoms with E-state index in [1.165, 1.54) is 11.6 Å². The van der Waals surface area contributed by atoms with Crippen LogP contribution in [0, 0.1) is 23.7 Å². The smallest absolute Gasteiger partial charge is 0.244 e. The first-order valence-corrected chi connectivity index (χ1v) is 10.8. The molecule has 3 fully saturated rings. The molecule has 3 aliphatic rings. The van der Waals surface area contributed by atoms with Gasteiger partial charge in [0.2, 0.25) is 17.7 Å². The standard InChI is InChI=1S/C23H20Cl2N2O3/c24-14-6-7-18(17(25)10-14)26-19(28)11-27-22(29)20-13-8-15(12-4-2-1-3-5-12)16(9-13)21(20)23(27)30/h1-7,10,13,15-16,20-21H,8-9,11H2,(H,26,28)/t13-,15+,16+,20+,21+/m0/s1. The molecule has 0 unspecified atom stereocenters. The molecular formula is C23H20Cl2N2O3. The van der Waals surface area contributed by atoms with Crippen LogP contribution in [-0.4, -0.2) is 29.2 Å². The summed E-state index contributed by atoms with van der Waals surface area (Å²) in [5, 5.41) is 3.43. The SMILES string of the molecule is O=C(CN1C(=O)[C@@H]2[C@@H]3C[C@@H]([C@H]2C1=O)[C@@H](c1ccccc1)C3)Nc1ccc(Cl)cc1Cl. The first-order chi connectivity index (χ1) is 14.4. The molecule has 0 aromatic heterocycles. The summed E-state index contributed by atoms with van der Waals surface area (Å²) in [4.78, 5) is 39.8. The molecule has 0 radical (unpaired) electrons. The van der Waals surface area contributed by atoms with E-state index in [0.29, 0.717) is 21.7 Å². The van der Waals surface area contributed by atoms with Crippen LogP contribution in [0.2, 0.25) is 10.0 Å². The second-order valence-electron chi connectivity index (χ2n) is 8.40. The molecule has 3 amide bonds. The van der Waals surface area contributed by atoms with Crippen LogP contribution in [0.5, 0.6) is 0 Å². The second kappa shape index (κ2) is 7.40. The van der Waals surface area contributed by atoms with Crippen LogP contribution < -0.4 is 5.32 Å². The maximum atomic E-state index is 13.1. The highest BCUT2D eigenvalue weighted by atomic mass is 35.5. The van der Waals surface area contributed by atoms with Gasteiger partial charge >= 0.3 is 0 Å². The molecule has 2 bridgehead atoms. The predicted octanol–water partition coefficient (Wildman–Crippen LogP) is 4.36. The number of carbonyl (C=O) groups excluding carboxylic acids is 3. The number of likely N-dealkylation sites (tertiary alicyclic amines) is 1. The number of nitrogens with zero attached hydrogens (tertiary/aromatic N) is 1. The summed E-state index contributed by atoms with van der Waals surface area (Å²) in [7, 11) is 0. The number of halogens is 2. The minimum Gasteiger partial charge on any atom is -0.323 e. The summed E-state index contributed by atoms with van der Waals surface area (Å²) >= 11 is 12.0. The minimum absolute atomic E-state index is 0.164. The molecule has 2 aromatic rings.